The summed E-state index contributed by atoms with van der Waals surface area (Å²) in [5.74, 6) is 0.799. The molecule has 0 unspecified atom stereocenters. The normalized spacial score (nSPS) is 10.2. The Balaban J connectivity index is 2.01. The largest absolute Gasteiger partial charge is 0.488 e. The standard InChI is InChI=1S/C16H14BrCl2NO/c1-2-7-21-16-6-3-11(8-13(16)17)10-20-12-4-5-14(18)15(19)9-12/h2-6,8-9,20H,1,7,10H2. The maximum Gasteiger partial charge on any atom is 0.133 e. The van der Waals surface area contributed by atoms with Crippen LogP contribution in [0.4, 0.5) is 5.69 Å². The fourth-order valence-corrected chi connectivity index (χ4v) is 2.57. The van der Waals surface area contributed by atoms with Crippen molar-refractivity contribution in [2.75, 3.05) is 11.9 Å². The number of hydrogen-bond acceptors (Lipinski definition) is 2. The van der Waals surface area contributed by atoms with Gasteiger partial charge in [-0.25, -0.2) is 0 Å². The van der Waals surface area contributed by atoms with E-state index in [4.69, 9.17) is 27.9 Å². The van der Waals surface area contributed by atoms with E-state index in [1.165, 1.54) is 0 Å². The molecule has 2 aromatic carbocycles. The average Bonchev–Trinajstić information content (AvgIpc) is 2.47. The van der Waals surface area contributed by atoms with Crippen molar-refractivity contribution in [3.63, 3.8) is 0 Å². The number of rotatable bonds is 6. The summed E-state index contributed by atoms with van der Waals surface area (Å²) in [4.78, 5) is 0. The first-order valence-electron chi connectivity index (χ1n) is 6.31. The van der Waals surface area contributed by atoms with E-state index in [-0.39, 0.29) is 0 Å². The molecule has 0 aliphatic rings. The van der Waals surface area contributed by atoms with Crippen LogP contribution in [-0.2, 0) is 6.54 Å². The Labute approximate surface area is 142 Å². The molecule has 1 N–H and O–H groups in total. The highest BCUT2D eigenvalue weighted by Crippen LogP contribution is 2.28. The predicted molar refractivity (Wildman–Crippen MR) is 93.6 cm³/mol. The van der Waals surface area contributed by atoms with Crippen LogP contribution < -0.4 is 10.1 Å². The molecule has 0 aliphatic carbocycles. The lowest BCUT2D eigenvalue weighted by Crippen LogP contribution is -2.00. The molecule has 2 rings (SSSR count). The number of nitrogens with one attached hydrogen (secondary N) is 1. The molecule has 0 aromatic heterocycles. The lowest BCUT2D eigenvalue weighted by molar-refractivity contribution is 0.361. The topological polar surface area (TPSA) is 21.3 Å². The summed E-state index contributed by atoms with van der Waals surface area (Å²) in [7, 11) is 0. The van der Waals surface area contributed by atoms with Crippen LogP contribution in [0.1, 0.15) is 5.56 Å². The van der Waals surface area contributed by atoms with Gasteiger partial charge in [0.25, 0.3) is 0 Å². The van der Waals surface area contributed by atoms with Gasteiger partial charge in [-0.05, 0) is 51.8 Å². The Morgan fingerprint density at radius 3 is 2.62 bits per heavy atom. The van der Waals surface area contributed by atoms with Crippen molar-refractivity contribution in [2.24, 2.45) is 0 Å². The third-order valence-corrected chi connectivity index (χ3v) is 4.13. The van der Waals surface area contributed by atoms with E-state index in [1.807, 2.05) is 24.3 Å². The van der Waals surface area contributed by atoms with E-state index in [1.54, 1.807) is 18.2 Å². The molecule has 2 nitrogen and oxygen atoms in total. The summed E-state index contributed by atoms with van der Waals surface area (Å²) in [5.41, 5.74) is 2.05. The van der Waals surface area contributed by atoms with Gasteiger partial charge in [0, 0.05) is 12.2 Å². The number of hydrogen-bond donors (Lipinski definition) is 1. The van der Waals surface area contributed by atoms with Crippen molar-refractivity contribution in [1.29, 1.82) is 0 Å². The van der Waals surface area contributed by atoms with Gasteiger partial charge in [-0.15, -0.1) is 0 Å². The lowest BCUT2D eigenvalue weighted by atomic mass is 10.2. The van der Waals surface area contributed by atoms with E-state index < -0.39 is 0 Å². The second-order valence-corrected chi connectivity index (χ2v) is 6.02. The monoisotopic (exact) mass is 385 g/mol. The second-order valence-electron chi connectivity index (χ2n) is 4.35. The van der Waals surface area contributed by atoms with Crippen LogP contribution >= 0.6 is 39.1 Å². The second kappa shape index (κ2) is 7.74. The molecule has 0 saturated carbocycles. The fourth-order valence-electron chi connectivity index (χ4n) is 1.73. The van der Waals surface area contributed by atoms with Crippen LogP contribution in [0.15, 0.2) is 53.5 Å². The van der Waals surface area contributed by atoms with Gasteiger partial charge in [-0.2, -0.15) is 0 Å². The first-order valence-corrected chi connectivity index (χ1v) is 7.86. The highest BCUT2D eigenvalue weighted by Gasteiger charge is 2.03. The van der Waals surface area contributed by atoms with Crippen molar-refractivity contribution in [1.82, 2.24) is 0 Å². The minimum atomic E-state index is 0.486. The fraction of sp³-hybridized carbons (Fsp3) is 0.125. The Morgan fingerprint density at radius 2 is 1.95 bits per heavy atom. The Morgan fingerprint density at radius 1 is 1.14 bits per heavy atom. The van der Waals surface area contributed by atoms with E-state index in [9.17, 15) is 0 Å². The zero-order valence-electron chi connectivity index (χ0n) is 11.2. The van der Waals surface area contributed by atoms with E-state index in [0.29, 0.717) is 23.2 Å². The summed E-state index contributed by atoms with van der Waals surface area (Å²) < 4.78 is 6.43. The third kappa shape index (κ3) is 4.67. The molecule has 0 heterocycles. The molecular weight excluding hydrogens is 373 g/mol. The first kappa shape index (κ1) is 16.2. The molecule has 0 bridgehead atoms. The van der Waals surface area contributed by atoms with Gasteiger partial charge in [0.2, 0.25) is 0 Å². The zero-order chi connectivity index (χ0) is 15.2. The molecule has 2 aromatic rings. The minimum Gasteiger partial charge on any atom is -0.488 e. The molecule has 0 aliphatic heterocycles. The zero-order valence-corrected chi connectivity index (χ0v) is 14.3. The van der Waals surface area contributed by atoms with Crippen LogP contribution in [-0.4, -0.2) is 6.61 Å². The molecular formula is C16H14BrCl2NO. The Kier molecular flexibility index (Phi) is 5.97. The van der Waals surface area contributed by atoms with Gasteiger partial charge < -0.3 is 10.1 Å². The van der Waals surface area contributed by atoms with Gasteiger partial charge in [0.05, 0.1) is 14.5 Å². The molecule has 5 heteroatoms. The van der Waals surface area contributed by atoms with Crippen LogP contribution in [0.25, 0.3) is 0 Å². The van der Waals surface area contributed by atoms with Gasteiger partial charge >= 0.3 is 0 Å². The molecule has 0 atom stereocenters. The van der Waals surface area contributed by atoms with Crippen molar-refractivity contribution in [3.05, 3.63) is 69.1 Å². The van der Waals surface area contributed by atoms with Gasteiger partial charge in [-0.1, -0.05) is 41.9 Å². The number of benzene rings is 2. The highest BCUT2D eigenvalue weighted by atomic mass is 79.9. The van der Waals surface area contributed by atoms with Crippen molar-refractivity contribution in [3.8, 4) is 5.75 Å². The molecule has 0 saturated heterocycles. The molecule has 0 radical (unpaired) electrons. The van der Waals surface area contributed by atoms with E-state index in [2.05, 4.69) is 27.8 Å². The van der Waals surface area contributed by atoms with Crippen molar-refractivity contribution < 1.29 is 4.74 Å². The van der Waals surface area contributed by atoms with Crippen LogP contribution in [0.3, 0.4) is 0 Å². The first-order chi connectivity index (χ1) is 10.1. The van der Waals surface area contributed by atoms with Crippen molar-refractivity contribution >= 4 is 44.8 Å². The van der Waals surface area contributed by atoms with E-state index >= 15 is 0 Å². The Hall–Kier alpha value is -1.16. The smallest absolute Gasteiger partial charge is 0.133 e. The number of halogens is 3. The molecule has 0 spiro atoms. The minimum absolute atomic E-state index is 0.486. The molecule has 21 heavy (non-hydrogen) atoms. The number of anilines is 1. The summed E-state index contributed by atoms with van der Waals surface area (Å²) >= 11 is 15.4. The summed E-state index contributed by atoms with van der Waals surface area (Å²) in [6.45, 7) is 4.79. The maximum absolute atomic E-state index is 5.99. The lowest BCUT2D eigenvalue weighted by Gasteiger charge is -2.10. The summed E-state index contributed by atoms with van der Waals surface area (Å²) in [6, 6.07) is 11.4. The van der Waals surface area contributed by atoms with Crippen LogP contribution in [0, 0.1) is 0 Å². The van der Waals surface area contributed by atoms with Gasteiger partial charge in [-0.3, -0.25) is 0 Å². The van der Waals surface area contributed by atoms with Crippen molar-refractivity contribution in [2.45, 2.75) is 6.54 Å². The van der Waals surface area contributed by atoms with Crippen LogP contribution in [0.2, 0.25) is 10.0 Å². The Bertz CT molecular complexity index is 646. The molecule has 0 fully saturated rings. The number of ether oxygens (including phenoxy) is 1. The third-order valence-electron chi connectivity index (χ3n) is 2.77. The maximum atomic E-state index is 5.99. The highest BCUT2D eigenvalue weighted by molar-refractivity contribution is 9.10. The van der Waals surface area contributed by atoms with Gasteiger partial charge in [0.1, 0.15) is 12.4 Å². The quantitative estimate of drug-likeness (QED) is 0.621. The predicted octanol–water partition coefficient (Wildman–Crippen LogP) is 5.93. The average molecular weight is 387 g/mol. The molecule has 0 amide bonds. The SMILES string of the molecule is C=CCOc1ccc(CNc2ccc(Cl)c(Cl)c2)cc1Br. The molecule has 110 valence electrons. The van der Waals surface area contributed by atoms with Crippen LogP contribution in [0.5, 0.6) is 5.75 Å². The van der Waals surface area contributed by atoms with Gasteiger partial charge in [0.15, 0.2) is 0 Å². The summed E-state index contributed by atoms with van der Waals surface area (Å²) in [5, 5.41) is 4.39. The van der Waals surface area contributed by atoms with E-state index in [0.717, 1.165) is 21.5 Å². The summed E-state index contributed by atoms with van der Waals surface area (Å²) in [6.07, 6.45) is 1.71.